The van der Waals surface area contributed by atoms with E-state index in [1.165, 1.54) is 14.1 Å². The van der Waals surface area contributed by atoms with Gasteiger partial charge in [0, 0.05) is 89.5 Å². The third-order valence-corrected chi connectivity index (χ3v) is 10.4. The minimum absolute atomic E-state index is 0.346. The van der Waals surface area contributed by atoms with E-state index in [-0.39, 0.29) is 22.2 Å². The second-order valence-electron chi connectivity index (χ2n) is 12.7. The maximum absolute atomic E-state index is 13.6. The van der Waals surface area contributed by atoms with Gasteiger partial charge in [0.15, 0.2) is 0 Å². The molecule has 0 radical (unpaired) electrons. The molecule has 0 atom stereocenters. The van der Waals surface area contributed by atoms with Crippen LogP contribution in [0.25, 0.3) is 109 Å². The molecule has 0 unspecified atom stereocenters. The van der Waals surface area contributed by atoms with Gasteiger partial charge in [0.25, 0.3) is 22.2 Å². The summed E-state index contributed by atoms with van der Waals surface area (Å²) in [5.41, 5.74) is 1.03. The Labute approximate surface area is 266 Å². The zero-order valence-corrected chi connectivity index (χ0v) is 25.4. The normalized spacial score (nSPS) is 12.7. The molecule has 7 aromatic carbocycles. The largest absolute Gasteiger partial charge is 0.455 e. The molecule has 0 saturated carbocycles. The van der Waals surface area contributed by atoms with Crippen LogP contribution >= 0.6 is 0 Å². The summed E-state index contributed by atoms with van der Waals surface area (Å²) in [6, 6.07) is 26.5. The van der Waals surface area contributed by atoms with Gasteiger partial charge in [-0.05, 0) is 47.2 Å². The molecule has 0 bridgehead atoms. The lowest BCUT2D eigenvalue weighted by molar-refractivity contribution is 0.665. The number of nitrogens with zero attached hydrogens (tertiary/aromatic N) is 2. The summed E-state index contributed by atoms with van der Waals surface area (Å²) in [7, 11) is 3.01. The van der Waals surface area contributed by atoms with Crippen LogP contribution in [0, 0.1) is 0 Å². The van der Waals surface area contributed by atoms with E-state index in [0.29, 0.717) is 65.4 Å². The number of benzene rings is 7. The Hall–Kier alpha value is -6.54. The Morgan fingerprint density at radius 1 is 0.375 bits per heavy atom. The van der Waals surface area contributed by atoms with Crippen molar-refractivity contribution in [3.63, 3.8) is 0 Å². The van der Waals surface area contributed by atoms with Crippen molar-refractivity contribution in [3.05, 3.63) is 126 Å². The molecule has 11 aromatic rings. The van der Waals surface area contributed by atoms with E-state index < -0.39 is 0 Å². The summed E-state index contributed by atoms with van der Waals surface area (Å²) >= 11 is 0. The molecule has 8 nitrogen and oxygen atoms in total. The van der Waals surface area contributed by atoms with E-state index in [9.17, 15) is 19.2 Å². The van der Waals surface area contributed by atoms with Crippen molar-refractivity contribution in [1.29, 1.82) is 0 Å². The highest BCUT2D eigenvalue weighted by Gasteiger charge is 2.25. The molecule has 0 saturated heterocycles. The summed E-state index contributed by atoms with van der Waals surface area (Å²) in [6.07, 6.45) is 0. The fraction of sp³-hybridized carbons (Fsp3) is 0.0500. The smallest absolute Gasteiger partial charge is 0.261 e. The summed E-state index contributed by atoms with van der Waals surface area (Å²) in [4.78, 5) is 53.5. The standard InChI is InChI=1S/C40H20N2O6/c1-41-37(43)21-11-3-9-19-29(21)25(39(41)45)15-23-31-17-7-5-14-28-34(17)32(18-8-6-13-27(33(18)31)47-35(19)23)24-16-26-30-20(36(24)48-28)10-4-12-22(30)38(44)42(2)40(26)46/h3-16H,1-2H3. The van der Waals surface area contributed by atoms with Crippen LogP contribution in [-0.2, 0) is 14.1 Å². The molecule has 48 heavy (non-hydrogen) atoms. The van der Waals surface area contributed by atoms with Crippen molar-refractivity contribution in [3.8, 4) is 0 Å². The second-order valence-corrected chi connectivity index (χ2v) is 12.7. The Bertz CT molecular complexity index is 3330. The van der Waals surface area contributed by atoms with Crippen LogP contribution in [0.1, 0.15) is 0 Å². The van der Waals surface area contributed by atoms with Crippen LogP contribution in [0.5, 0.6) is 0 Å². The zero-order chi connectivity index (χ0) is 32.3. The van der Waals surface area contributed by atoms with E-state index in [1.807, 2.05) is 72.8 Å². The lowest BCUT2D eigenvalue weighted by atomic mass is 9.88. The maximum atomic E-state index is 13.6. The Balaban J connectivity index is 1.47. The highest BCUT2D eigenvalue weighted by molar-refractivity contribution is 6.42. The van der Waals surface area contributed by atoms with Crippen LogP contribution in [0.3, 0.4) is 0 Å². The van der Waals surface area contributed by atoms with Gasteiger partial charge in [-0.2, -0.15) is 0 Å². The van der Waals surface area contributed by atoms with Crippen LogP contribution in [-0.4, -0.2) is 9.13 Å². The number of rotatable bonds is 0. The molecular formula is C40H20N2O6. The first-order chi connectivity index (χ1) is 23.3. The third kappa shape index (κ3) is 2.76. The van der Waals surface area contributed by atoms with Crippen LogP contribution in [0.4, 0.5) is 0 Å². The SMILES string of the molecule is Cn1c(=O)c2cccc3c4oc5cccc6c5c(c4cc(c1=O)c23)c1cccc2oc3c4cccc5c(=O)n(C)c(=O)c(cc3c6c21)c54. The van der Waals surface area contributed by atoms with Crippen molar-refractivity contribution in [1.82, 2.24) is 9.13 Å². The fourth-order valence-corrected chi connectivity index (χ4v) is 8.32. The molecular weight excluding hydrogens is 604 g/mol. The minimum Gasteiger partial charge on any atom is -0.455 e. The lowest BCUT2D eigenvalue weighted by Gasteiger charge is -2.19. The molecule has 4 aromatic heterocycles. The summed E-state index contributed by atoms with van der Waals surface area (Å²) < 4.78 is 15.8. The van der Waals surface area contributed by atoms with Crippen molar-refractivity contribution in [2.75, 3.05) is 0 Å². The molecule has 0 aliphatic carbocycles. The van der Waals surface area contributed by atoms with Crippen LogP contribution in [0.2, 0.25) is 0 Å². The maximum Gasteiger partial charge on any atom is 0.261 e. The van der Waals surface area contributed by atoms with Crippen molar-refractivity contribution < 1.29 is 8.83 Å². The van der Waals surface area contributed by atoms with Gasteiger partial charge in [-0.1, -0.05) is 48.5 Å². The van der Waals surface area contributed by atoms with Gasteiger partial charge in [-0.3, -0.25) is 28.3 Å². The number of fused-ring (bicyclic) bond motifs is 8. The monoisotopic (exact) mass is 624 g/mol. The molecule has 8 heteroatoms. The Morgan fingerprint density at radius 2 is 0.729 bits per heavy atom. The van der Waals surface area contributed by atoms with Crippen molar-refractivity contribution in [2.24, 2.45) is 14.1 Å². The van der Waals surface area contributed by atoms with E-state index in [1.54, 1.807) is 12.1 Å². The minimum atomic E-state index is -0.366. The predicted molar refractivity (Wildman–Crippen MR) is 191 cm³/mol. The first-order valence-electron chi connectivity index (χ1n) is 15.6. The molecule has 11 rings (SSSR count). The average Bonchev–Trinajstić information content (AvgIpc) is 3.11. The van der Waals surface area contributed by atoms with E-state index in [2.05, 4.69) is 0 Å². The average molecular weight is 625 g/mol. The van der Waals surface area contributed by atoms with E-state index in [4.69, 9.17) is 8.83 Å². The first kappa shape index (κ1) is 25.6. The van der Waals surface area contributed by atoms with Gasteiger partial charge in [-0.15, -0.1) is 0 Å². The highest BCUT2D eigenvalue weighted by Crippen LogP contribution is 2.48. The van der Waals surface area contributed by atoms with Gasteiger partial charge in [0.05, 0.1) is 0 Å². The fourth-order valence-electron chi connectivity index (χ4n) is 8.32. The molecule has 0 aliphatic heterocycles. The van der Waals surface area contributed by atoms with Gasteiger partial charge < -0.3 is 8.83 Å². The van der Waals surface area contributed by atoms with Crippen molar-refractivity contribution in [2.45, 2.75) is 0 Å². The number of hydrogen-bond acceptors (Lipinski definition) is 6. The van der Waals surface area contributed by atoms with Crippen LogP contribution < -0.4 is 22.2 Å². The van der Waals surface area contributed by atoms with Gasteiger partial charge >= 0.3 is 0 Å². The molecule has 0 amide bonds. The Kier molecular flexibility index (Phi) is 4.40. The van der Waals surface area contributed by atoms with Crippen molar-refractivity contribution >= 4 is 109 Å². The van der Waals surface area contributed by atoms with E-state index in [0.717, 1.165) is 52.2 Å². The topological polar surface area (TPSA) is 104 Å². The second kappa shape index (κ2) is 8.24. The highest BCUT2D eigenvalue weighted by atomic mass is 16.3. The molecule has 0 spiro atoms. The number of aromatic nitrogens is 2. The molecule has 0 N–H and O–H groups in total. The number of pyridine rings is 2. The molecule has 4 heterocycles. The summed E-state index contributed by atoms with van der Waals surface area (Å²) in [5, 5.41) is 11.2. The van der Waals surface area contributed by atoms with Gasteiger partial charge in [0.1, 0.15) is 22.3 Å². The van der Waals surface area contributed by atoms with Gasteiger partial charge in [-0.25, -0.2) is 0 Å². The van der Waals surface area contributed by atoms with Gasteiger partial charge in [0.2, 0.25) is 0 Å². The molecule has 0 fully saturated rings. The third-order valence-electron chi connectivity index (χ3n) is 10.4. The summed E-state index contributed by atoms with van der Waals surface area (Å²) in [6.45, 7) is 0. The molecule has 226 valence electrons. The van der Waals surface area contributed by atoms with E-state index >= 15 is 0 Å². The quantitative estimate of drug-likeness (QED) is 0.129. The molecule has 0 aliphatic rings. The lowest BCUT2D eigenvalue weighted by Crippen LogP contribution is -2.30. The first-order valence-corrected chi connectivity index (χ1v) is 15.6. The zero-order valence-electron chi connectivity index (χ0n) is 25.4. The number of hydrogen-bond donors (Lipinski definition) is 0. The Morgan fingerprint density at radius 3 is 1.17 bits per heavy atom. The predicted octanol–water partition coefficient (Wildman–Crippen LogP) is 7.40. The van der Waals surface area contributed by atoms with Crippen LogP contribution in [0.15, 0.2) is 113 Å². The summed E-state index contributed by atoms with van der Waals surface area (Å²) in [5.74, 6) is 0.